The minimum absolute atomic E-state index is 0.351. The van der Waals surface area contributed by atoms with Crippen LogP contribution in [0.25, 0.3) is 0 Å². The Bertz CT molecular complexity index is 279. The van der Waals surface area contributed by atoms with E-state index in [1.54, 1.807) is 0 Å². The van der Waals surface area contributed by atoms with Gasteiger partial charge in [0, 0.05) is 13.1 Å². The van der Waals surface area contributed by atoms with Crippen molar-refractivity contribution in [3.63, 3.8) is 0 Å². The van der Waals surface area contributed by atoms with Crippen molar-refractivity contribution in [3.05, 3.63) is 0 Å². The first-order valence-corrected chi connectivity index (χ1v) is 8.50. The van der Waals surface area contributed by atoms with Crippen molar-refractivity contribution in [1.82, 2.24) is 9.80 Å². The van der Waals surface area contributed by atoms with E-state index < -0.39 is 0 Å². The molecule has 0 bridgehead atoms. The molecule has 4 nitrogen and oxygen atoms in total. The van der Waals surface area contributed by atoms with Crippen molar-refractivity contribution < 1.29 is 4.79 Å². The summed E-state index contributed by atoms with van der Waals surface area (Å²) in [5.74, 6) is 1.14. The molecule has 2 rings (SSSR count). The quantitative estimate of drug-likeness (QED) is 0.855. The molecular formula is C16H31N3O. The van der Waals surface area contributed by atoms with Gasteiger partial charge in [0.25, 0.3) is 0 Å². The number of hydrogen-bond acceptors (Lipinski definition) is 3. The lowest BCUT2D eigenvalue weighted by Crippen LogP contribution is -2.44. The van der Waals surface area contributed by atoms with E-state index in [-0.39, 0.29) is 0 Å². The Labute approximate surface area is 123 Å². The van der Waals surface area contributed by atoms with Crippen LogP contribution < -0.4 is 5.73 Å². The van der Waals surface area contributed by atoms with Crippen molar-refractivity contribution >= 4 is 5.91 Å². The highest BCUT2D eigenvalue weighted by atomic mass is 16.2. The molecule has 2 aliphatic rings. The Morgan fingerprint density at radius 2 is 1.55 bits per heavy atom. The van der Waals surface area contributed by atoms with Crippen LogP contribution in [0.2, 0.25) is 0 Å². The van der Waals surface area contributed by atoms with Crippen LogP contribution >= 0.6 is 0 Å². The summed E-state index contributed by atoms with van der Waals surface area (Å²) >= 11 is 0. The van der Waals surface area contributed by atoms with Crippen molar-refractivity contribution in [2.24, 2.45) is 11.7 Å². The van der Waals surface area contributed by atoms with Gasteiger partial charge >= 0.3 is 0 Å². The molecule has 1 amide bonds. The van der Waals surface area contributed by atoms with Gasteiger partial charge in [-0.15, -0.1) is 0 Å². The van der Waals surface area contributed by atoms with E-state index >= 15 is 0 Å². The molecule has 2 aliphatic heterocycles. The normalized spacial score (nSPS) is 23.4. The minimum atomic E-state index is 0.351. The number of hydrogen-bond donors (Lipinski definition) is 1. The lowest BCUT2D eigenvalue weighted by molar-refractivity contribution is -0.133. The van der Waals surface area contributed by atoms with E-state index in [9.17, 15) is 4.79 Å². The van der Waals surface area contributed by atoms with Gasteiger partial charge in [-0.2, -0.15) is 0 Å². The van der Waals surface area contributed by atoms with Gasteiger partial charge in [-0.05, 0) is 57.7 Å². The Hall–Kier alpha value is -0.610. The summed E-state index contributed by atoms with van der Waals surface area (Å²) in [4.78, 5) is 16.8. The third-order valence-corrected chi connectivity index (χ3v) is 4.85. The first-order chi connectivity index (χ1) is 9.79. The Morgan fingerprint density at radius 3 is 2.15 bits per heavy atom. The summed E-state index contributed by atoms with van der Waals surface area (Å²) < 4.78 is 0. The number of rotatable bonds is 4. The van der Waals surface area contributed by atoms with Crippen LogP contribution in [0, 0.1) is 5.92 Å². The zero-order valence-electron chi connectivity index (χ0n) is 12.9. The molecule has 0 aromatic carbocycles. The van der Waals surface area contributed by atoms with Crippen LogP contribution in [0.1, 0.15) is 51.4 Å². The first-order valence-electron chi connectivity index (χ1n) is 8.50. The van der Waals surface area contributed by atoms with E-state index in [0.717, 1.165) is 45.1 Å². The molecule has 4 heteroatoms. The molecule has 20 heavy (non-hydrogen) atoms. The maximum atomic E-state index is 12.4. The average molecular weight is 281 g/mol. The molecule has 116 valence electrons. The third kappa shape index (κ3) is 5.06. The first kappa shape index (κ1) is 15.8. The summed E-state index contributed by atoms with van der Waals surface area (Å²) in [5, 5.41) is 0. The second kappa shape index (κ2) is 8.63. The smallest absolute Gasteiger partial charge is 0.236 e. The van der Waals surface area contributed by atoms with Crippen LogP contribution in [0.4, 0.5) is 0 Å². The molecule has 2 saturated heterocycles. The van der Waals surface area contributed by atoms with Crippen LogP contribution in [-0.4, -0.2) is 55.0 Å². The van der Waals surface area contributed by atoms with Gasteiger partial charge in [0.1, 0.15) is 0 Å². The van der Waals surface area contributed by atoms with E-state index in [1.807, 2.05) is 0 Å². The fraction of sp³-hybridized carbons (Fsp3) is 0.938. The van der Waals surface area contributed by atoms with E-state index in [0.29, 0.717) is 12.5 Å². The summed E-state index contributed by atoms with van der Waals surface area (Å²) in [6.07, 6.45) is 9.86. The predicted octanol–water partition coefficient (Wildman–Crippen LogP) is 1.84. The Kier molecular flexibility index (Phi) is 6.80. The van der Waals surface area contributed by atoms with Gasteiger partial charge in [0.05, 0.1) is 6.54 Å². The fourth-order valence-corrected chi connectivity index (χ4v) is 3.46. The second-order valence-corrected chi connectivity index (χ2v) is 6.45. The van der Waals surface area contributed by atoms with Gasteiger partial charge in [0.15, 0.2) is 0 Å². The van der Waals surface area contributed by atoms with E-state index in [1.165, 1.54) is 44.9 Å². The summed E-state index contributed by atoms with van der Waals surface area (Å²) in [6, 6.07) is 0. The minimum Gasteiger partial charge on any atom is -0.342 e. The largest absolute Gasteiger partial charge is 0.342 e. The predicted molar refractivity (Wildman–Crippen MR) is 82.5 cm³/mol. The molecule has 0 aromatic rings. The summed E-state index contributed by atoms with van der Waals surface area (Å²) in [6.45, 7) is 5.53. The second-order valence-electron chi connectivity index (χ2n) is 6.45. The van der Waals surface area contributed by atoms with Crippen molar-refractivity contribution in [3.8, 4) is 0 Å². The number of nitrogens with two attached hydrogens (primary N) is 1. The van der Waals surface area contributed by atoms with E-state index in [4.69, 9.17) is 5.73 Å². The molecule has 0 radical (unpaired) electrons. The summed E-state index contributed by atoms with van der Waals surface area (Å²) in [7, 11) is 0. The van der Waals surface area contributed by atoms with Crippen molar-refractivity contribution in [2.45, 2.75) is 51.4 Å². The van der Waals surface area contributed by atoms with Gasteiger partial charge in [-0.1, -0.05) is 19.3 Å². The zero-order chi connectivity index (χ0) is 14.2. The lowest BCUT2D eigenvalue weighted by Gasteiger charge is -2.33. The van der Waals surface area contributed by atoms with Crippen molar-refractivity contribution in [2.75, 3.05) is 39.3 Å². The number of piperidine rings is 1. The molecule has 2 N–H and O–H groups in total. The number of carbonyl (C=O) groups is 1. The highest BCUT2D eigenvalue weighted by Crippen LogP contribution is 2.20. The molecule has 0 saturated carbocycles. The highest BCUT2D eigenvalue weighted by molar-refractivity contribution is 5.78. The van der Waals surface area contributed by atoms with Crippen LogP contribution in [0.5, 0.6) is 0 Å². The maximum Gasteiger partial charge on any atom is 0.236 e. The zero-order valence-corrected chi connectivity index (χ0v) is 12.9. The molecule has 0 aromatic heterocycles. The SMILES string of the molecule is NCCC1CCN(CC(=O)N2CCCCCCC2)CC1. The molecule has 0 spiro atoms. The third-order valence-electron chi connectivity index (χ3n) is 4.85. The topological polar surface area (TPSA) is 49.6 Å². The monoisotopic (exact) mass is 281 g/mol. The van der Waals surface area contributed by atoms with Crippen LogP contribution in [0.3, 0.4) is 0 Å². The number of likely N-dealkylation sites (tertiary alicyclic amines) is 2. The number of nitrogens with zero attached hydrogens (tertiary/aromatic N) is 2. The Balaban J connectivity index is 1.71. The molecule has 2 heterocycles. The van der Waals surface area contributed by atoms with Crippen molar-refractivity contribution in [1.29, 1.82) is 0 Å². The average Bonchev–Trinajstić information content (AvgIpc) is 2.41. The van der Waals surface area contributed by atoms with Crippen LogP contribution in [-0.2, 0) is 4.79 Å². The lowest BCUT2D eigenvalue weighted by atomic mass is 9.93. The fourth-order valence-electron chi connectivity index (χ4n) is 3.46. The molecule has 0 atom stereocenters. The highest BCUT2D eigenvalue weighted by Gasteiger charge is 2.22. The summed E-state index contributed by atoms with van der Waals surface area (Å²) in [5.41, 5.74) is 5.63. The standard InChI is InChI=1S/C16H31N3O/c17-9-6-15-7-12-18(13-8-15)14-16(20)19-10-4-2-1-3-5-11-19/h15H,1-14,17H2. The molecular weight excluding hydrogens is 250 g/mol. The Morgan fingerprint density at radius 1 is 0.950 bits per heavy atom. The van der Waals surface area contributed by atoms with Crippen LogP contribution in [0.15, 0.2) is 0 Å². The van der Waals surface area contributed by atoms with Gasteiger partial charge in [0.2, 0.25) is 5.91 Å². The van der Waals surface area contributed by atoms with Gasteiger partial charge in [-0.25, -0.2) is 0 Å². The van der Waals surface area contributed by atoms with Gasteiger partial charge < -0.3 is 10.6 Å². The molecule has 0 unspecified atom stereocenters. The number of carbonyl (C=O) groups excluding carboxylic acids is 1. The molecule has 2 fully saturated rings. The van der Waals surface area contributed by atoms with Gasteiger partial charge in [-0.3, -0.25) is 9.69 Å². The molecule has 0 aliphatic carbocycles. The number of amides is 1. The maximum absolute atomic E-state index is 12.4. The van der Waals surface area contributed by atoms with E-state index in [2.05, 4.69) is 9.80 Å².